The molecule has 4 heterocycles. The summed E-state index contributed by atoms with van der Waals surface area (Å²) in [5, 5.41) is 84.5. The van der Waals surface area contributed by atoms with E-state index >= 15 is 0 Å². The van der Waals surface area contributed by atoms with Crippen molar-refractivity contribution in [3.05, 3.63) is 11.5 Å². The molecule has 4 aliphatic heterocycles. The molecule has 4 rings (SSSR count). The maximum absolute atomic E-state index is 12.7. The van der Waals surface area contributed by atoms with Gasteiger partial charge in [-0.25, -0.2) is 26.3 Å². The molecule has 3 fully saturated rings. The highest BCUT2D eigenvalue weighted by atomic mass is 32.3. The third-order valence-electron chi connectivity index (χ3n) is 9.32. The summed E-state index contributed by atoms with van der Waals surface area (Å²) >= 11 is 0. The summed E-state index contributed by atoms with van der Waals surface area (Å²) in [6.07, 6.45) is -45.5. The zero-order chi connectivity index (χ0) is 54.3. The Morgan fingerprint density at radius 1 is 0.521 bits per heavy atom. The van der Waals surface area contributed by atoms with E-state index in [0.717, 1.165) is 0 Å². The maximum atomic E-state index is 12.7. The fourth-order valence-electron chi connectivity index (χ4n) is 6.66. The molecule has 71 heavy (non-hydrogen) atoms. The van der Waals surface area contributed by atoms with Gasteiger partial charge < -0.3 is 74.0 Å². The second-order valence-electron chi connectivity index (χ2n) is 14.2. The number of carboxylic acids is 2. The molecule has 41 nitrogen and oxygen atoms in total. The van der Waals surface area contributed by atoms with Gasteiger partial charge in [0.05, 0.1) is 13.2 Å². The Balaban J connectivity index is 1.82. The predicted octanol–water partition coefficient (Wildman–Crippen LogP) is -10.4. The molecule has 47 heteroatoms. The predicted molar refractivity (Wildman–Crippen MR) is 201 cm³/mol. The molecule has 0 aromatic rings. The van der Waals surface area contributed by atoms with Gasteiger partial charge in [0.25, 0.3) is 0 Å². The van der Waals surface area contributed by atoms with Crippen molar-refractivity contribution >= 4 is 74.1 Å². The van der Waals surface area contributed by atoms with Crippen molar-refractivity contribution in [1.29, 1.82) is 0 Å². The van der Waals surface area contributed by atoms with Crippen molar-refractivity contribution in [2.45, 2.75) is 110 Å². The van der Waals surface area contributed by atoms with Gasteiger partial charge in [0.15, 0.2) is 42.9 Å². The Labute approximate surface area is 395 Å². The van der Waals surface area contributed by atoms with Gasteiger partial charge in [-0.15, -0.1) is 0 Å². The van der Waals surface area contributed by atoms with Crippen LogP contribution in [0.3, 0.4) is 0 Å². The minimum absolute atomic E-state index is 1.20. The molecule has 0 bridgehead atoms. The Hall–Kier alpha value is -2.94. The van der Waals surface area contributed by atoms with E-state index in [-0.39, 0.29) is 0 Å². The van der Waals surface area contributed by atoms with E-state index in [1.54, 1.807) is 0 Å². The van der Waals surface area contributed by atoms with E-state index in [4.69, 9.17) is 37.7 Å². The minimum Gasteiger partial charge on any atom is -0.506 e. The lowest BCUT2D eigenvalue weighted by molar-refractivity contribution is -0.362. The summed E-state index contributed by atoms with van der Waals surface area (Å²) < 4.78 is 252. The van der Waals surface area contributed by atoms with Gasteiger partial charge in [0, 0.05) is 0 Å². The van der Waals surface area contributed by atoms with Crippen molar-refractivity contribution in [3.8, 4) is 0 Å². The fourth-order valence-corrected chi connectivity index (χ4v) is 9.43. The normalized spacial score (nSPS) is 37.0. The molecular weight excluding hydrogens is 1130 g/mol. The van der Waals surface area contributed by atoms with E-state index in [2.05, 4.69) is 16.7 Å². The first-order valence-electron chi connectivity index (χ1n) is 18.0. The number of aliphatic hydroxyl groups is 6. The number of aliphatic carboxylic acids is 2. The highest BCUT2D eigenvalue weighted by molar-refractivity contribution is 7.84. The van der Waals surface area contributed by atoms with Crippen LogP contribution in [0.1, 0.15) is 0 Å². The Kier molecular flexibility index (Phi) is 19.2. The van der Waals surface area contributed by atoms with Gasteiger partial charge >= 0.3 is 74.1 Å². The van der Waals surface area contributed by atoms with Crippen LogP contribution in [0.4, 0.5) is 0 Å². The molecule has 0 radical (unpaired) electrons. The second-order valence-corrected chi connectivity index (χ2v) is 20.9. The third kappa shape index (κ3) is 17.0. The standard InChI is InChI=1S/C24H38N2O39S6/c27-7-5(25-66(37,38)39)21(36)57-3(1-55-68(43,44)45)12(7)59-24-17(65-71(52,53)54)11(31)14(18(63-24)20(34)35)61-22-6(26-67(40,41)42)8(28)13(4(58-22)2-56-69(46,47)48)60-23-16(64-70(49,50)51)10(30)9(29)15(62-23)19(32)33/h3-8,10-14,16-18,21-31,36H,1-2H2,(H,32,33)(H,34,35)(H,37,38,39)(H,40,41,42)(H,43,44,45)(H,46,47,48)(H,49,50,51)(H,52,53,54)/t3-,4-,5-,6-,7-,8-,10+,11+,12-,13-,14+,16-,17-,18-,21?,22-,23-,24-/m1/s1. The molecule has 0 aromatic carbocycles. The minimum atomic E-state index is -6.03. The van der Waals surface area contributed by atoms with Crippen LogP contribution in [-0.4, -0.2) is 254 Å². The van der Waals surface area contributed by atoms with Crippen LogP contribution < -0.4 is 9.44 Å². The summed E-state index contributed by atoms with van der Waals surface area (Å²) in [7, 11) is -34.3. The third-order valence-corrected chi connectivity index (χ3v) is 12.3. The van der Waals surface area contributed by atoms with Crippen molar-refractivity contribution in [3.63, 3.8) is 0 Å². The number of hydrogen-bond donors (Lipinski definition) is 16. The fraction of sp³-hybridized carbons (Fsp3) is 0.833. The lowest BCUT2D eigenvalue weighted by atomic mass is 9.95. The first-order chi connectivity index (χ1) is 32.1. The highest BCUT2D eigenvalue weighted by Gasteiger charge is 2.59. The Morgan fingerprint density at radius 3 is 1.41 bits per heavy atom. The number of rotatable bonds is 22. The van der Waals surface area contributed by atoms with Crippen LogP contribution >= 0.6 is 0 Å². The maximum Gasteiger partial charge on any atom is 0.397 e. The molecule has 3 saturated heterocycles. The van der Waals surface area contributed by atoms with Crippen LogP contribution in [0.25, 0.3) is 0 Å². The number of aliphatic hydroxyl groups excluding tert-OH is 6. The number of hydrogen-bond acceptors (Lipinski definition) is 31. The summed E-state index contributed by atoms with van der Waals surface area (Å²) in [5.74, 6) is -8.10. The van der Waals surface area contributed by atoms with E-state index in [1.165, 1.54) is 9.44 Å². The first-order valence-corrected chi connectivity index (χ1v) is 26.3. The second kappa shape index (κ2) is 22.5. The van der Waals surface area contributed by atoms with Gasteiger partial charge in [0.2, 0.25) is 12.0 Å². The largest absolute Gasteiger partial charge is 0.506 e. The van der Waals surface area contributed by atoms with Gasteiger partial charge in [-0.05, 0) is 0 Å². The Morgan fingerprint density at radius 2 is 0.958 bits per heavy atom. The van der Waals surface area contributed by atoms with Gasteiger partial charge in [-0.2, -0.15) is 60.0 Å². The summed E-state index contributed by atoms with van der Waals surface area (Å²) in [4.78, 5) is 24.4. The van der Waals surface area contributed by atoms with Gasteiger partial charge in [-0.1, -0.05) is 0 Å². The van der Waals surface area contributed by atoms with Crippen molar-refractivity contribution < 1.29 is 178 Å². The highest BCUT2D eigenvalue weighted by Crippen LogP contribution is 2.37. The molecule has 0 aliphatic carbocycles. The molecule has 0 spiro atoms. The average molecular weight is 1170 g/mol. The lowest BCUT2D eigenvalue weighted by Gasteiger charge is -2.49. The van der Waals surface area contributed by atoms with Crippen LogP contribution in [-0.2, 0) is 122 Å². The first kappa shape index (κ1) is 60.6. The molecule has 414 valence electrons. The molecular formula is C24H38N2O39S6. The van der Waals surface area contributed by atoms with Crippen molar-refractivity contribution in [2.24, 2.45) is 0 Å². The van der Waals surface area contributed by atoms with Crippen molar-refractivity contribution in [1.82, 2.24) is 9.44 Å². The average Bonchev–Trinajstić information content (AvgIpc) is 3.17. The molecule has 0 amide bonds. The topological polar surface area (TPSA) is 648 Å². The van der Waals surface area contributed by atoms with E-state index in [0.29, 0.717) is 0 Å². The van der Waals surface area contributed by atoms with Crippen LogP contribution in [0.5, 0.6) is 0 Å². The van der Waals surface area contributed by atoms with E-state index < -0.39 is 209 Å². The SMILES string of the molecule is O=C(O)C1=C(O)[C@H](O)[C@@H](OS(=O)(=O)O)[C@H](O[C@H]2[C@H](O)[C@@H](NS(=O)(=O)O)[C@@H](O[C@H]3[C@H](O)[C@@H](OS(=O)(=O)O)[C@H](O[C@H]4[C@H](O)[C@@H](NS(=O)(=O)O)C(O)O[C@@H]4COS(=O)(=O)O)O[C@H]3C(=O)O)O[C@@H]2COS(=O)(=O)O)O1. The molecule has 18 atom stereocenters. The van der Waals surface area contributed by atoms with Gasteiger partial charge in [-0.3, -0.25) is 27.3 Å². The summed E-state index contributed by atoms with van der Waals surface area (Å²) in [6.45, 7) is -3.33. The summed E-state index contributed by atoms with van der Waals surface area (Å²) in [6, 6.07) is -5.37. The van der Waals surface area contributed by atoms with Crippen molar-refractivity contribution in [2.75, 3.05) is 13.2 Å². The molecule has 0 aromatic heterocycles. The number of nitrogens with one attached hydrogen (secondary N) is 2. The number of carbonyl (C=O) groups is 2. The zero-order valence-corrected chi connectivity index (χ0v) is 38.6. The smallest absolute Gasteiger partial charge is 0.397 e. The van der Waals surface area contributed by atoms with E-state index in [9.17, 15) is 124 Å². The summed E-state index contributed by atoms with van der Waals surface area (Å²) in [5.41, 5.74) is 0. The number of ether oxygens (including phenoxy) is 7. The lowest BCUT2D eigenvalue weighted by Crippen LogP contribution is -2.70. The van der Waals surface area contributed by atoms with Crippen LogP contribution in [0, 0.1) is 0 Å². The zero-order valence-electron chi connectivity index (χ0n) is 33.7. The molecule has 0 saturated carbocycles. The molecule has 16 N–H and O–H groups in total. The molecule has 1 unspecified atom stereocenters. The van der Waals surface area contributed by atoms with Crippen LogP contribution in [0.2, 0.25) is 0 Å². The monoisotopic (exact) mass is 1170 g/mol. The van der Waals surface area contributed by atoms with E-state index in [1.807, 2.05) is 0 Å². The Bertz CT molecular complexity index is 2660. The van der Waals surface area contributed by atoms with Crippen LogP contribution in [0.15, 0.2) is 11.5 Å². The van der Waals surface area contributed by atoms with Gasteiger partial charge in [0.1, 0.15) is 67.0 Å². The number of carboxylic acid groups (broad SMARTS) is 2. The molecule has 4 aliphatic rings. The quantitative estimate of drug-likeness (QED) is 0.0448.